The molecule has 100 valence electrons. The molecule has 1 aromatic carbocycles. The number of carbonyl (C=O) groups is 1. The van der Waals surface area contributed by atoms with E-state index in [1.165, 1.54) is 0 Å². The maximum absolute atomic E-state index is 11.5. The lowest BCUT2D eigenvalue weighted by atomic mass is 10.0. The predicted octanol–water partition coefficient (Wildman–Crippen LogP) is 4.69. The van der Waals surface area contributed by atoms with Gasteiger partial charge in [0.05, 0.1) is 5.69 Å². The third-order valence-corrected chi connectivity index (χ3v) is 3.81. The molecular weight excluding hydrogens is 270 g/mol. The van der Waals surface area contributed by atoms with Crippen LogP contribution >= 0.6 is 11.6 Å². The van der Waals surface area contributed by atoms with Crippen molar-refractivity contribution < 1.29 is 4.79 Å². The van der Waals surface area contributed by atoms with Crippen LogP contribution in [-0.2, 0) is 0 Å². The zero-order chi connectivity index (χ0) is 14.3. The first-order valence-electron chi connectivity index (χ1n) is 6.43. The summed E-state index contributed by atoms with van der Waals surface area (Å²) in [5.74, 6) is 0. The molecule has 3 aromatic rings. The van der Waals surface area contributed by atoms with Crippen LogP contribution < -0.4 is 0 Å². The monoisotopic (exact) mass is 283 g/mol. The van der Waals surface area contributed by atoms with E-state index in [0.717, 1.165) is 34.1 Å². The molecule has 20 heavy (non-hydrogen) atoms. The minimum Gasteiger partial charge on any atom is -0.313 e. The third-order valence-electron chi connectivity index (χ3n) is 3.48. The molecule has 2 heterocycles. The quantitative estimate of drug-likeness (QED) is 0.625. The third kappa shape index (κ3) is 2.02. The topological polar surface area (TPSA) is 21.5 Å². The number of aromatic nitrogens is 1. The van der Waals surface area contributed by atoms with Crippen LogP contribution in [-0.4, -0.2) is 10.7 Å². The average Bonchev–Trinajstić information content (AvgIpc) is 2.79. The van der Waals surface area contributed by atoms with E-state index in [1.54, 1.807) is 0 Å². The normalized spacial score (nSPS) is 10.9. The number of pyridine rings is 1. The van der Waals surface area contributed by atoms with Crippen molar-refractivity contribution in [3.63, 3.8) is 0 Å². The fraction of sp³-hybridized carbons (Fsp3) is 0.118. The molecular formula is C17H14ClNO. The summed E-state index contributed by atoms with van der Waals surface area (Å²) >= 11 is 6.29. The Labute approximate surface area is 122 Å². The number of aldehydes is 1. The lowest BCUT2D eigenvalue weighted by molar-refractivity contribution is 0.111. The molecule has 2 nitrogen and oxygen atoms in total. The van der Waals surface area contributed by atoms with Crippen LogP contribution in [0.25, 0.3) is 16.6 Å². The first-order chi connectivity index (χ1) is 9.60. The van der Waals surface area contributed by atoms with Gasteiger partial charge in [0, 0.05) is 27.9 Å². The highest BCUT2D eigenvalue weighted by Gasteiger charge is 2.14. The summed E-state index contributed by atoms with van der Waals surface area (Å²) < 4.78 is 1.91. The van der Waals surface area contributed by atoms with Crippen LogP contribution in [0.5, 0.6) is 0 Å². The van der Waals surface area contributed by atoms with Crippen LogP contribution in [0.4, 0.5) is 0 Å². The van der Waals surface area contributed by atoms with Crippen LogP contribution in [0.15, 0.2) is 42.6 Å². The summed E-state index contributed by atoms with van der Waals surface area (Å²) in [5, 5.41) is 0.659. The van der Waals surface area contributed by atoms with E-state index in [-0.39, 0.29) is 0 Å². The fourth-order valence-electron chi connectivity index (χ4n) is 2.48. The lowest BCUT2D eigenvalue weighted by Crippen LogP contribution is -1.93. The molecule has 0 bridgehead atoms. The summed E-state index contributed by atoms with van der Waals surface area (Å²) in [7, 11) is 0. The number of halogens is 1. The molecule has 0 fully saturated rings. The van der Waals surface area contributed by atoms with Crippen molar-refractivity contribution in [3.8, 4) is 11.1 Å². The van der Waals surface area contributed by atoms with E-state index in [2.05, 4.69) is 0 Å². The van der Waals surface area contributed by atoms with Gasteiger partial charge < -0.3 is 4.40 Å². The molecule has 0 unspecified atom stereocenters. The number of hydrogen-bond acceptors (Lipinski definition) is 1. The van der Waals surface area contributed by atoms with Gasteiger partial charge in [0.25, 0.3) is 0 Å². The Morgan fingerprint density at radius 3 is 2.50 bits per heavy atom. The van der Waals surface area contributed by atoms with Gasteiger partial charge in [-0.25, -0.2) is 0 Å². The number of nitrogens with zero attached hydrogens (tertiary/aromatic N) is 1. The first kappa shape index (κ1) is 12.9. The molecule has 3 rings (SSSR count). The highest BCUT2D eigenvalue weighted by Crippen LogP contribution is 2.33. The first-order valence-corrected chi connectivity index (χ1v) is 6.81. The van der Waals surface area contributed by atoms with Gasteiger partial charge in [-0.05, 0) is 43.7 Å². The Hall–Kier alpha value is -2.06. The number of fused-ring (bicyclic) bond motifs is 1. The molecule has 0 N–H and O–H groups in total. The van der Waals surface area contributed by atoms with Crippen LogP contribution in [0.1, 0.15) is 21.6 Å². The van der Waals surface area contributed by atoms with Gasteiger partial charge in [0.1, 0.15) is 0 Å². The van der Waals surface area contributed by atoms with E-state index in [9.17, 15) is 4.79 Å². The second-order valence-electron chi connectivity index (χ2n) is 5.05. The molecule has 0 aliphatic rings. The van der Waals surface area contributed by atoms with E-state index in [1.807, 2.05) is 60.8 Å². The smallest absolute Gasteiger partial charge is 0.167 e. The summed E-state index contributed by atoms with van der Waals surface area (Å²) in [6.07, 6.45) is 2.85. The summed E-state index contributed by atoms with van der Waals surface area (Å²) in [5.41, 5.74) is 5.63. The molecule has 0 aliphatic carbocycles. The maximum Gasteiger partial charge on any atom is 0.167 e. The van der Waals surface area contributed by atoms with Crippen LogP contribution in [0.2, 0.25) is 5.02 Å². The van der Waals surface area contributed by atoms with Crippen molar-refractivity contribution in [2.24, 2.45) is 0 Å². The highest BCUT2D eigenvalue weighted by atomic mass is 35.5. The van der Waals surface area contributed by atoms with Gasteiger partial charge in [-0.1, -0.05) is 29.3 Å². The fourth-order valence-corrected chi connectivity index (χ4v) is 2.70. The molecule has 0 aliphatic heterocycles. The van der Waals surface area contributed by atoms with Crippen molar-refractivity contribution in [1.82, 2.24) is 4.40 Å². The van der Waals surface area contributed by atoms with Crippen molar-refractivity contribution >= 4 is 23.4 Å². The van der Waals surface area contributed by atoms with Crippen molar-refractivity contribution in [1.29, 1.82) is 0 Å². The number of rotatable bonds is 2. The molecule has 2 aromatic heterocycles. The van der Waals surface area contributed by atoms with E-state index in [4.69, 9.17) is 11.6 Å². The Kier molecular flexibility index (Phi) is 3.11. The van der Waals surface area contributed by atoms with E-state index >= 15 is 0 Å². The predicted molar refractivity (Wildman–Crippen MR) is 82.7 cm³/mol. The zero-order valence-electron chi connectivity index (χ0n) is 11.4. The van der Waals surface area contributed by atoms with Gasteiger partial charge in [0.15, 0.2) is 6.29 Å². The number of aryl methyl sites for hydroxylation is 2. The number of benzene rings is 1. The SMILES string of the molecule is Cc1ccc(Cl)c(-c2cc3ccc(C)cn3c2C=O)c1. The second-order valence-corrected chi connectivity index (χ2v) is 5.45. The van der Waals surface area contributed by atoms with Gasteiger partial charge >= 0.3 is 0 Å². The molecule has 3 heteroatoms. The average molecular weight is 284 g/mol. The molecule has 0 radical (unpaired) electrons. The van der Waals surface area contributed by atoms with Crippen LogP contribution in [0, 0.1) is 13.8 Å². The summed E-state index contributed by atoms with van der Waals surface area (Å²) in [6.45, 7) is 4.02. The summed E-state index contributed by atoms with van der Waals surface area (Å²) in [6, 6.07) is 11.9. The molecule has 0 saturated carbocycles. The van der Waals surface area contributed by atoms with Crippen LogP contribution in [0.3, 0.4) is 0 Å². The maximum atomic E-state index is 11.5. The Balaban J connectivity index is 2.36. The van der Waals surface area contributed by atoms with Crippen molar-refractivity contribution in [2.45, 2.75) is 13.8 Å². The van der Waals surface area contributed by atoms with Crippen molar-refractivity contribution in [2.75, 3.05) is 0 Å². The van der Waals surface area contributed by atoms with Gasteiger partial charge in [0.2, 0.25) is 0 Å². The standard InChI is InChI=1S/C17H14ClNO/c1-11-4-6-16(18)14(7-11)15-8-13-5-3-12(2)9-19(13)17(15)10-20/h3-10H,1-2H3. The Morgan fingerprint density at radius 2 is 1.75 bits per heavy atom. The number of hydrogen-bond donors (Lipinski definition) is 0. The minimum absolute atomic E-state index is 0.635. The molecule has 0 saturated heterocycles. The van der Waals surface area contributed by atoms with Crippen molar-refractivity contribution in [3.05, 3.63) is 64.4 Å². The zero-order valence-corrected chi connectivity index (χ0v) is 12.1. The Bertz CT molecular complexity index is 817. The molecule has 0 spiro atoms. The Morgan fingerprint density at radius 1 is 1.00 bits per heavy atom. The number of carbonyl (C=O) groups excluding carboxylic acids is 1. The van der Waals surface area contributed by atoms with Gasteiger partial charge in [-0.2, -0.15) is 0 Å². The van der Waals surface area contributed by atoms with E-state index < -0.39 is 0 Å². The highest BCUT2D eigenvalue weighted by molar-refractivity contribution is 6.33. The molecule has 0 atom stereocenters. The largest absolute Gasteiger partial charge is 0.313 e. The lowest BCUT2D eigenvalue weighted by Gasteiger charge is -2.05. The van der Waals surface area contributed by atoms with Gasteiger partial charge in [-0.3, -0.25) is 4.79 Å². The van der Waals surface area contributed by atoms with E-state index in [0.29, 0.717) is 10.7 Å². The van der Waals surface area contributed by atoms with Gasteiger partial charge in [-0.15, -0.1) is 0 Å². The second kappa shape index (κ2) is 4.80. The molecule has 0 amide bonds. The summed E-state index contributed by atoms with van der Waals surface area (Å²) in [4.78, 5) is 11.5. The minimum atomic E-state index is 0.635.